The monoisotopic (exact) mass is 537 g/mol. The number of amides is 1. The SMILES string of the molecule is COc1ccc(S(=O)(=O)N2CCCC2)cc1NS(=O)(=O)c1ccc(OC)c(C(=O)N2CCCCC2)c1. The third-order valence-electron chi connectivity index (χ3n) is 6.47. The lowest BCUT2D eigenvalue weighted by Gasteiger charge is -2.27. The zero-order chi connectivity index (χ0) is 25.9. The second kappa shape index (κ2) is 10.7. The lowest BCUT2D eigenvalue weighted by Crippen LogP contribution is -2.35. The molecule has 2 heterocycles. The van der Waals surface area contributed by atoms with E-state index in [1.807, 2.05) is 0 Å². The predicted molar refractivity (Wildman–Crippen MR) is 135 cm³/mol. The Hall–Kier alpha value is -2.83. The van der Waals surface area contributed by atoms with Gasteiger partial charge in [-0.25, -0.2) is 16.8 Å². The molecule has 2 aliphatic rings. The van der Waals surface area contributed by atoms with Gasteiger partial charge in [0.15, 0.2) is 0 Å². The van der Waals surface area contributed by atoms with Gasteiger partial charge >= 0.3 is 0 Å². The van der Waals surface area contributed by atoms with Crippen LogP contribution in [0.5, 0.6) is 11.5 Å². The molecule has 0 bridgehead atoms. The van der Waals surface area contributed by atoms with Gasteiger partial charge in [-0.3, -0.25) is 9.52 Å². The number of piperidine rings is 1. The highest BCUT2D eigenvalue weighted by atomic mass is 32.2. The number of anilines is 1. The third kappa shape index (κ3) is 5.30. The van der Waals surface area contributed by atoms with Crippen LogP contribution >= 0.6 is 0 Å². The average molecular weight is 538 g/mol. The van der Waals surface area contributed by atoms with E-state index in [-0.39, 0.29) is 38.4 Å². The summed E-state index contributed by atoms with van der Waals surface area (Å²) in [6.45, 7) is 2.06. The summed E-state index contributed by atoms with van der Waals surface area (Å²) >= 11 is 0. The fraction of sp³-hybridized carbons (Fsp3) is 0.458. The minimum absolute atomic E-state index is 0.0162. The topological polar surface area (TPSA) is 122 Å². The Morgan fingerprint density at radius 1 is 0.778 bits per heavy atom. The van der Waals surface area contributed by atoms with Crippen LogP contribution in [0, 0.1) is 0 Å². The fourth-order valence-electron chi connectivity index (χ4n) is 4.50. The van der Waals surface area contributed by atoms with Crippen molar-refractivity contribution in [1.82, 2.24) is 9.21 Å². The molecular formula is C24H31N3O7S2. The Labute approximate surface area is 212 Å². The second-order valence-corrected chi connectivity index (χ2v) is 12.4. The van der Waals surface area contributed by atoms with Gasteiger partial charge in [-0.1, -0.05) is 0 Å². The van der Waals surface area contributed by atoms with Gasteiger partial charge in [-0.2, -0.15) is 4.31 Å². The molecule has 2 fully saturated rings. The number of nitrogens with zero attached hydrogens (tertiary/aromatic N) is 2. The van der Waals surface area contributed by atoms with E-state index in [1.165, 1.54) is 54.9 Å². The van der Waals surface area contributed by atoms with Crippen LogP contribution in [0.2, 0.25) is 0 Å². The molecule has 196 valence electrons. The van der Waals surface area contributed by atoms with Crippen molar-refractivity contribution < 1.29 is 31.1 Å². The Kier molecular flexibility index (Phi) is 7.76. The third-order valence-corrected chi connectivity index (χ3v) is 9.73. The van der Waals surface area contributed by atoms with Crippen molar-refractivity contribution in [3.63, 3.8) is 0 Å². The standard InChI is InChI=1S/C24H31N3O7S2/c1-33-22-10-8-18(16-20(22)24(28)26-12-4-3-5-13-26)35(29,30)25-21-17-19(9-11-23(21)34-2)36(31,32)27-14-6-7-15-27/h8-11,16-17,25H,3-7,12-15H2,1-2H3. The maximum absolute atomic E-state index is 13.3. The Morgan fingerprint density at radius 3 is 2.00 bits per heavy atom. The summed E-state index contributed by atoms with van der Waals surface area (Å²) in [5, 5.41) is 0. The zero-order valence-electron chi connectivity index (χ0n) is 20.4. The predicted octanol–water partition coefficient (Wildman–Crippen LogP) is 2.92. The summed E-state index contributed by atoms with van der Waals surface area (Å²) in [5.41, 5.74) is 0.136. The maximum atomic E-state index is 13.3. The minimum atomic E-state index is -4.20. The molecule has 36 heavy (non-hydrogen) atoms. The second-order valence-electron chi connectivity index (χ2n) is 8.79. The van der Waals surface area contributed by atoms with Crippen LogP contribution < -0.4 is 14.2 Å². The van der Waals surface area contributed by atoms with Crippen molar-refractivity contribution in [3.8, 4) is 11.5 Å². The van der Waals surface area contributed by atoms with E-state index in [4.69, 9.17) is 9.47 Å². The summed E-state index contributed by atoms with van der Waals surface area (Å²) in [4.78, 5) is 14.6. The van der Waals surface area contributed by atoms with Crippen molar-refractivity contribution in [3.05, 3.63) is 42.0 Å². The molecule has 2 aliphatic heterocycles. The van der Waals surface area contributed by atoms with E-state index in [0.717, 1.165) is 32.1 Å². The molecule has 2 aromatic carbocycles. The lowest BCUT2D eigenvalue weighted by molar-refractivity contribution is 0.0720. The number of hydrogen-bond acceptors (Lipinski definition) is 7. The number of ether oxygens (including phenoxy) is 2. The molecule has 1 N–H and O–H groups in total. The zero-order valence-corrected chi connectivity index (χ0v) is 22.0. The molecule has 0 radical (unpaired) electrons. The first-order chi connectivity index (χ1) is 17.2. The van der Waals surface area contributed by atoms with Crippen molar-refractivity contribution in [2.45, 2.75) is 41.9 Å². The first kappa shape index (κ1) is 26.2. The number of methoxy groups -OCH3 is 2. The van der Waals surface area contributed by atoms with Crippen LogP contribution in [0.4, 0.5) is 5.69 Å². The van der Waals surface area contributed by atoms with Gasteiger partial charge in [0.1, 0.15) is 11.5 Å². The molecule has 0 saturated carbocycles. The summed E-state index contributed by atoms with van der Waals surface area (Å²) in [6, 6.07) is 8.14. The quantitative estimate of drug-likeness (QED) is 0.549. The van der Waals surface area contributed by atoms with E-state index in [9.17, 15) is 21.6 Å². The first-order valence-corrected chi connectivity index (χ1v) is 14.8. The van der Waals surface area contributed by atoms with E-state index < -0.39 is 20.0 Å². The number of carbonyl (C=O) groups is 1. The van der Waals surface area contributed by atoms with Crippen LogP contribution in [0.15, 0.2) is 46.2 Å². The largest absolute Gasteiger partial charge is 0.496 e. The van der Waals surface area contributed by atoms with Gasteiger partial charge in [0.25, 0.3) is 15.9 Å². The number of benzene rings is 2. The van der Waals surface area contributed by atoms with E-state index in [2.05, 4.69) is 4.72 Å². The van der Waals surface area contributed by atoms with Gasteiger partial charge in [0.05, 0.1) is 35.3 Å². The molecule has 0 aliphatic carbocycles. The number of carbonyl (C=O) groups excluding carboxylic acids is 1. The molecule has 0 unspecified atom stereocenters. The van der Waals surface area contributed by atoms with Crippen molar-refractivity contribution in [2.75, 3.05) is 45.1 Å². The van der Waals surface area contributed by atoms with Gasteiger partial charge in [0, 0.05) is 26.2 Å². The summed E-state index contributed by atoms with van der Waals surface area (Å²) in [6.07, 6.45) is 4.40. The summed E-state index contributed by atoms with van der Waals surface area (Å²) in [7, 11) is -5.19. The average Bonchev–Trinajstić information content (AvgIpc) is 3.44. The molecule has 10 nitrogen and oxygen atoms in total. The molecule has 4 rings (SSSR count). The van der Waals surface area contributed by atoms with Gasteiger partial charge < -0.3 is 14.4 Å². The van der Waals surface area contributed by atoms with Gasteiger partial charge in [0.2, 0.25) is 10.0 Å². The summed E-state index contributed by atoms with van der Waals surface area (Å²) in [5.74, 6) is 0.151. The van der Waals surface area contributed by atoms with Gasteiger partial charge in [-0.05, 0) is 68.5 Å². The van der Waals surface area contributed by atoms with Gasteiger partial charge in [-0.15, -0.1) is 0 Å². The maximum Gasteiger partial charge on any atom is 0.262 e. The highest BCUT2D eigenvalue weighted by Gasteiger charge is 2.29. The van der Waals surface area contributed by atoms with Crippen LogP contribution in [0.1, 0.15) is 42.5 Å². The molecule has 0 atom stereocenters. The normalized spacial score (nSPS) is 17.1. The molecule has 2 saturated heterocycles. The highest BCUT2D eigenvalue weighted by molar-refractivity contribution is 7.92. The fourth-order valence-corrected chi connectivity index (χ4v) is 7.13. The van der Waals surface area contributed by atoms with Crippen molar-refractivity contribution >= 4 is 31.6 Å². The van der Waals surface area contributed by atoms with E-state index >= 15 is 0 Å². The van der Waals surface area contributed by atoms with Crippen LogP contribution in [-0.2, 0) is 20.0 Å². The van der Waals surface area contributed by atoms with E-state index in [0.29, 0.717) is 26.2 Å². The van der Waals surface area contributed by atoms with Crippen LogP contribution in [-0.4, -0.2) is 72.3 Å². The Morgan fingerprint density at radius 2 is 1.36 bits per heavy atom. The van der Waals surface area contributed by atoms with Crippen LogP contribution in [0.3, 0.4) is 0 Å². The number of sulfonamides is 2. The lowest BCUT2D eigenvalue weighted by atomic mass is 10.1. The first-order valence-electron chi connectivity index (χ1n) is 11.9. The molecule has 12 heteroatoms. The number of rotatable bonds is 8. The molecule has 0 aromatic heterocycles. The van der Waals surface area contributed by atoms with Crippen molar-refractivity contribution in [2.24, 2.45) is 0 Å². The molecule has 2 aromatic rings. The molecular weight excluding hydrogens is 506 g/mol. The number of likely N-dealkylation sites (tertiary alicyclic amines) is 1. The summed E-state index contributed by atoms with van der Waals surface area (Å²) < 4.78 is 67.2. The van der Waals surface area contributed by atoms with Crippen molar-refractivity contribution in [1.29, 1.82) is 0 Å². The molecule has 0 spiro atoms. The smallest absolute Gasteiger partial charge is 0.262 e. The Balaban J connectivity index is 1.67. The number of hydrogen-bond donors (Lipinski definition) is 1. The minimum Gasteiger partial charge on any atom is -0.496 e. The Bertz CT molecular complexity index is 1330. The number of nitrogens with one attached hydrogen (secondary N) is 1. The molecule has 1 amide bonds. The van der Waals surface area contributed by atoms with Crippen LogP contribution in [0.25, 0.3) is 0 Å². The van der Waals surface area contributed by atoms with E-state index in [1.54, 1.807) is 4.90 Å². The highest BCUT2D eigenvalue weighted by Crippen LogP contribution is 2.33.